The first kappa shape index (κ1) is 13.0. The summed E-state index contributed by atoms with van der Waals surface area (Å²) < 4.78 is 14.5. The van der Waals surface area contributed by atoms with Crippen molar-refractivity contribution in [1.82, 2.24) is 0 Å². The molecule has 2 atom stereocenters. The largest absolute Gasteiger partial charge is 0.695 e. The lowest BCUT2D eigenvalue weighted by Crippen LogP contribution is -2.36. The van der Waals surface area contributed by atoms with Crippen molar-refractivity contribution in [2.24, 2.45) is 0 Å². The quantitative estimate of drug-likeness (QED) is 0.558. The van der Waals surface area contributed by atoms with Gasteiger partial charge in [0.15, 0.2) is 0 Å². The number of carboxylic acid groups (broad SMARTS) is 2. The second-order valence-electron chi connectivity index (χ2n) is 2.76. The highest BCUT2D eigenvalue weighted by Gasteiger charge is 2.43. The number of aliphatic carboxylic acids is 2. The van der Waals surface area contributed by atoms with Crippen molar-refractivity contribution in [2.45, 2.75) is 25.4 Å². The summed E-state index contributed by atoms with van der Waals surface area (Å²) in [6.07, 6.45) is -0.828. The minimum atomic E-state index is -3.08. The summed E-state index contributed by atoms with van der Waals surface area (Å²) in [5, 5.41) is 16.9. The average Bonchev–Trinajstić information content (AvgIpc) is 1.99. The second kappa shape index (κ2) is 4.99. The molecule has 0 aromatic heterocycles. The molecule has 0 bridgehead atoms. The van der Waals surface area contributed by atoms with Gasteiger partial charge in [-0.2, -0.15) is 0 Å². The monoisotopic (exact) mass is 225 g/mol. The Labute approximate surface area is 80.3 Å². The maximum absolute atomic E-state index is 10.6. The van der Waals surface area contributed by atoms with Gasteiger partial charge in [-0.1, -0.05) is 0 Å². The van der Waals surface area contributed by atoms with Crippen LogP contribution in [-0.2, 0) is 18.7 Å². The minimum absolute atomic E-state index is 0.376. The van der Waals surface area contributed by atoms with Gasteiger partial charge in [-0.15, -0.1) is 9.42 Å². The molecule has 8 heteroatoms. The fraction of sp³-hybridized carbons (Fsp3) is 0.667. The van der Waals surface area contributed by atoms with E-state index < -0.39 is 32.2 Å². The summed E-state index contributed by atoms with van der Waals surface area (Å²) in [5.74, 6) is -2.68. The van der Waals surface area contributed by atoms with E-state index in [0.717, 1.165) is 6.92 Å². The smallest absolute Gasteiger partial charge is 0.481 e. The zero-order valence-electron chi connectivity index (χ0n) is 7.34. The van der Waals surface area contributed by atoms with Gasteiger partial charge in [0.25, 0.3) is 0 Å². The molecule has 0 aliphatic heterocycles. The van der Waals surface area contributed by atoms with E-state index in [4.69, 9.17) is 15.1 Å². The van der Waals surface area contributed by atoms with Crippen LogP contribution in [0.1, 0.15) is 19.8 Å². The van der Waals surface area contributed by atoms with Crippen LogP contribution in [0, 0.1) is 0 Å². The maximum atomic E-state index is 10.6. The molecule has 0 amide bonds. The third-order valence-electron chi connectivity index (χ3n) is 1.55. The van der Waals surface area contributed by atoms with Crippen molar-refractivity contribution >= 4 is 20.2 Å². The molecule has 0 radical (unpaired) electrons. The van der Waals surface area contributed by atoms with E-state index in [1.54, 1.807) is 0 Å². The van der Waals surface area contributed by atoms with Gasteiger partial charge in [-0.05, 0) is 6.92 Å². The van der Waals surface area contributed by atoms with Crippen LogP contribution in [0.4, 0.5) is 0 Å². The van der Waals surface area contributed by atoms with Gasteiger partial charge in [0.1, 0.15) is 0 Å². The van der Waals surface area contributed by atoms with E-state index in [-0.39, 0.29) is 6.42 Å². The predicted molar refractivity (Wildman–Crippen MR) is 43.8 cm³/mol. The molecule has 80 valence electrons. The number of carboxylic acids is 2. The molecule has 0 aromatic rings. The Hall–Kier alpha value is -1.04. The van der Waals surface area contributed by atoms with Crippen LogP contribution in [0.15, 0.2) is 0 Å². The Morgan fingerprint density at radius 1 is 1.43 bits per heavy atom. The van der Waals surface area contributed by atoms with E-state index in [9.17, 15) is 14.2 Å². The van der Waals surface area contributed by atoms with Gasteiger partial charge in [-0.25, -0.2) is 4.79 Å². The van der Waals surface area contributed by atoms with Crippen LogP contribution < -0.4 is 0 Å². The van der Waals surface area contributed by atoms with E-state index >= 15 is 0 Å². The van der Waals surface area contributed by atoms with E-state index in [1.807, 2.05) is 0 Å². The van der Waals surface area contributed by atoms with E-state index in [2.05, 4.69) is 4.52 Å². The van der Waals surface area contributed by atoms with Crippen molar-refractivity contribution < 1.29 is 33.8 Å². The highest BCUT2D eigenvalue weighted by atomic mass is 31.1. The van der Waals surface area contributed by atoms with Gasteiger partial charge in [0, 0.05) is 17.4 Å². The van der Waals surface area contributed by atoms with Gasteiger partial charge in [-0.3, -0.25) is 4.79 Å². The lowest BCUT2D eigenvalue weighted by molar-refractivity contribution is -0.155. The summed E-state index contributed by atoms with van der Waals surface area (Å²) in [5.41, 5.74) is -1.94. The third-order valence-corrected chi connectivity index (χ3v) is 2.11. The molecule has 0 spiro atoms. The summed E-state index contributed by atoms with van der Waals surface area (Å²) >= 11 is 0. The number of hydrogen-bond donors (Lipinski definition) is 3. The number of carbonyl (C=O) groups is 2. The Bertz CT molecular complexity index is 263. The molecule has 0 fully saturated rings. The van der Waals surface area contributed by atoms with Gasteiger partial charge < -0.3 is 10.2 Å². The zero-order valence-corrected chi connectivity index (χ0v) is 8.23. The topological polar surface area (TPSA) is 121 Å². The first-order chi connectivity index (χ1) is 6.28. The highest BCUT2D eigenvalue weighted by Crippen LogP contribution is 2.29. The molecule has 0 rings (SSSR count). The third kappa shape index (κ3) is 4.27. The van der Waals surface area contributed by atoms with Crippen molar-refractivity contribution in [1.29, 1.82) is 0 Å². The molecule has 3 N–H and O–H groups in total. The summed E-state index contributed by atoms with van der Waals surface area (Å²) in [7, 11) is -3.08. The van der Waals surface area contributed by atoms with Crippen LogP contribution in [0.5, 0.6) is 0 Å². The van der Waals surface area contributed by atoms with Gasteiger partial charge >= 0.3 is 20.2 Å². The molecule has 0 saturated carbocycles. The normalized spacial score (nSPS) is 15.7. The van der Waals surface area contributed by atoms with Crippen LogP contribution in [0.3, 0.4) is 0 Å². The van der Waals surface area contributed by atoms with E-state index in [0.29, 0.717) is 0 Å². The maximum Gasteiger partial charge on any atom is 0.695 e. The van der Waals surface area contributed by atoms with Crippen molar-refractivity contribution in [3.63, 3.8) is 0 Å². The fourth-order valence-electron chi connectivity index (χ4n) is 0.709. The van der Waals surface area contributed by atoms with Crippen LogP contribution in [-0.4, -0.2) is 32.6 Å². The molecule has 2 unspecified atom stereocenters. The number of hydrogen-bond acceptors (Lipinski definition) is 4. The lowest BCUT2D eigenvalue weighted by atomic mass is 10.0. The van der Waals surface area contributed by atoms with Crippen LogP contribution in [0.2, 0.25) is 0 Å². The molecular formula is C6H10O7P+. The zero-order chi connectivity index (χ0) is 11.4. The summed E-state index contributed by atoms with van der Waals surface area (Å²) in [6, 6.07) is 0. The summed E-state index contributed by atoms with van der Waals surface area (Å²) in [4.78, 5) is 29.2. The Morgan fingerprint density at radius 3 is 2.21 bits per heavy atom. The Balaban J connectivity index is 4.47. The van der Waals surface area contributed by atoms with Crippen molar-refractivity contribution in [3.8, 4) is 0 Å². The number of rotatable bonds is 6. The van der Waals surface area contributed by atoms with Gasteiger partial charge in [0.2, 0.25) is 5.60 Å². The lowest BCUT2D eigenvalue weighted by Gasteiger charge is -2.15. The molecule has 0 aliphatic rings. The highest BCUT2D eigenvalue weighted by molar-refractivity contribution is 7.32. The predicted octanol–water partition coefficient (Wildman–Crippen LogP) is 0.361. The molecular weight excluding hydrogens is 215 g/mol. The van der Waals surface area contributed by atoms with Crippen molar-refractivity contribution in [2.75, 3.05) is 0 Å². The van der Waals surface area contributed by atoms with Crippen LogP contribution in [0.25, 0.3) is 0 Å². The second-order valence-corrected chi connectivity index (χ2v) is 3.42. The Morgan fingerprint density at radius 2 is 1.93 bits per heavy atom. The molecule has 7 nitrogen and oxygen atoms in total. The molecule has 0 aromatic carbocycles. The minimum Gasteiger partial charge on any atom is -0.481 e. The SMILES string of the molecule is CC(CCC(=O)O)(O[P+](=O)O)C(=O)O. The molecule has 0 heterocycles. The summed E-state index contributed by atoms with van der Waals surface area (Å²) in [6.45, 7) is 1.04. The van der Waals surface area contributed by atoms with E-state index in [1.165, 1.54) is 0 Å². The molecule has 0 aliphatic carbocycles. The molecule has 0 saturated heterocycles. The first-order valence-electron chi connectivity index (χ1n) is 3.58. The average molecular weight is 225 g/mol. The van der Waals surface area contributed by atoms with Crippen molar-refractivity contribution in [3.05, 3.63) is 0 Å². The fourth-order valence-corrected chi connectivity index (χ4v) is 1.22. The molecule has 14 heavy (non-hydrogen) atoms. The first-order valence-corrected chi connectivity index (χ1v) is 4.71. The van der Waals surface area contributed by atoms with Gasteiger partial charge in [0.05, 0.1) is 0 Å². The standard InChI is InChI=1S/C6H9O7P/c1-6(5(9)10,13-14(11)12)3-2-4(7)8/h2-3H2,1H3,(H2-,7,8,9,10,11,12)/p+1. The Kier molecular flexibility index (Phi) is 4.62. The van der Waals surface area contributed by atoms with Crippen LogP contribution >= 0.6 is 8.25 Å².